The van der Waals surface area contributed by atoms with Crippen molar-refractivity contribution in [3.63, 3.8) is 0 Å². The van der Waals surface area contributed by atoms with Gasteiger partial charge in [-0.15, -0.1) is 0 Å². The number of ether oxygens (including phenoxy) is 2. The highest BCUT2D eigenvalue weighted by Gasteiger charge is 2.22. The van der Waals surface area contributed by atoms with Crippen molar-refractivity contribution in [3.05, 3.63) is 33.9 Å². The van der Waals surface area contributed by atoms with Crippen LogP contribution in [-0.4, -0.2) is 49.1 Å². The van der Waals surface area contributed by atoms with Crippen LogP contribution in [0.5, 0.6) is 5.75 Å². The molecule has 0 saturated carbocycles. The van der Waals surface area contributed by atoms with E-state index in [1.807, 2.05) is 0 Å². The van der Waals surface area contributed by atoms with E-state index in [1.54, 1.807) is 4.90 Å². The number of morpholine rings is 1. The summed E-state index contributed by atoms with van der Waals surface area (Å²) in [6.07, 6.45) is 0. The summed E-state index contributed by atoms with van der Waals surface area (Å²) >= 11 is 0. The molecule has 0 unspecified atom stereocenters. The van der Waals surface area contributed by atoms with E-state index < -0.39 is 4.92 Å². The number of nitro groups is 1. The van der Waals surface area contributed by atoms with Gasteiger partial charge in [0.1, 0.15) is 0 Å². The molecular formula is C12H14N2O5. The first-order valence-corrected chi connectivity index (χ1v) is 5.83. The number of rotatable bonds is 3. The first-order chi connectivity index (χ1) is 9.13. The number of nitrogens with zero attached hydrogens (tertiary/aromatic N) is 2. The molecule has 0 bridgehead atoms. The molecule has 1 aliphatic rings. The summed E-state index contributed by atoms with van der Waals surface area (Å²) in [5.41, 5.74) is 0.227. The Morgan fingerprint density at radius 1 is 1.42 bits per heavy atom. The van der Waals surface area contributed by atoms with Crippen LogP contribution in [0.4, 0.5) is 5.69 Å². The van der Waals surface area contributed by atoms with Crippen molar-refractivity contribution in [3.8, 4) is 5.75 Å². The third-order valence-corrected chi connectivity index (χ3v) is 2.92. The topological polar surface area (TPSA) is 81.9 Å². The molecule has 1 saturated heterocycles. The van der Waals surface area contributed by atoms with Crippen molar-refractivity contribution < 1.29 is 19.2 Å². The Bertz CT molecular complexity index is 497. The quantitative estimate of drug-likeness (QED) is 0.604. The van der Waals surface area contributed by atoms with Gasteiger partial charge in [-0.25, -0.2) is 0 Å². The van der Waals surface area contributed by atoms with Crippen LogP contribution in [-0.2, 0) is 4.74 Å². The van der Waals surface area contributed by atoms with E-state index in [2.05, 4.69) is 0 Å². The van der Waals surface area contributed by atoms with E-state index in [4.69, 9.17) is 9.47 Å². The highest BCUT2D eigenvalue weighted by atomic mass is 16.6. The van der Waals surface area contributed by atoms with E-state index in [9.17, 15) is 14.9 Å². The van der Waals surface area contributed by atoms with Crippen molar-refractivity contribution in [2.75, 3.05) is 33.4 Å². The van der Waals surface area contributed by atoms with Crippen LogP contribution < -0.4 is 4.74 Å². The lowest BCUT2D eigenvalue weighted by molar-refractivity contribution is -0.385. The smallest absolute Gasteiger partial charge is 0.310 e. The highest BCUT2D eigenvalue weighted by Crippen LogP contribution is 2.28. The monoisotopic (exact) mass is 266 g/mol. The zero-order valence-electron chi connectivity index (χ0n) is 10.5. The zero-order chi connectivity index (χ0) is 13.8. The zero-order valence-corrected chi connectivity index (χ0v) is 10.5. The largest absolute Gasteiger partial charge is 0.490 e. The maximum Gasteiger partial charge on any atom is 0.310 e. The van der Waals surface area contributed by atoms with Gasteiger partial charge in [-0.05, 0) is 6.07 Å². The van der Waals surface area contributed by atoms with Gasteiger partial charge < -0.3 is 14.4 Å². The number of methoxy groups -OCH3 is 1. The van der Waals surface area contributed by atoms with Crippen molar-refractivity contribution in [2.45, 2.75) is 0 Å². The van der Waals surface area contributed by atoms with E-state index in [0.717, 1.165) is 0 Å². The molecule has 1 aromatic carbocycles. The second-order valence-corrected chi connectivity index (χ2v) is 4.05. The Kier molecular flexibility index (Phi) is 3.96. The molecule has 2 rings (SSSR count). The number of benzene rings is 1. The predicted molar refractivity (Wildman–Crippen MR) is 66.4 cm³/mol. The SMILES string of the molecule is COc1cc(C(=O)N2CCOCC2)ccc1[N+](=O)[O-]. The van der Waals surface area contributed by atoms with Crippen molar-refractivity contribution in [1.29, 1.82) is 0 Å². The van der Waals surface area contributed by atoms with Gasteiger partial charge in [0.05, 0.1) is 25.2 Å². The maximum atomic E-state index is 12.2. The molecule has 1 fully saturated rings. The van der Waals surface area contributed by atoms with Crippen LogP contribution in [0.2, 0.25) is 0 Å². The number of amides is 1. The standard InChI is InChI=1S/C12H14N2O5/c1-18-11-8-9(2-3-10(11)14(16)17)12(15)13-4-6-19-7-5-13/h2-3,8H,4-7H2,1H3. The summed E-state index contributed by atoms with van der Waals surface area (Å²) in [7, 11) is 1.34. The van der Waals surface area contributed by atoms with Crippen LogP contribution >= 0.6 is 0 Å². The van der Waals surface area contributed by atoms with Crippen molar-refractivity contribution in [2.24, 2.45) is 0 Å². The second kappa shape index (κ2) is 5.66. The van der Waals surface area contributed by atoms with Gasteiger partial charge in [-0.1, -0.05) is 0 Å². The van der Waals surface area contributed by atoms with Gasteiger partial charge >= 0.3 is 5.69 Å². The first kappa shape index (κ1) is 13.3. The summed E-state index contributed by atoms with van der Waals surface area (Å²) in [6, 6.07) is 4.13. The van der Waals surface area contributed by atoms with Crippen LogP contribution in [0.3, 0.4) is 0 Å². The molecule has 0 N–H and O–H groups in total. The Morgan fingerprint density at radius 2 is 2.11 bits per heavy atom. The number of hydrogen-bond donors (Lipinski definition) is 0. The van der Waals surface area contributed by atoms with Gasteiger partial charge in [-0.2, -0.15) is 0 Å². The van der Waals surface area contributed by atoms with Crippen LogP contribution in [0.1, 0.15) is 10.4 Å². The molecule has 0 spiro atoms. The first-order valence-electron chi connectivity index (χ1n) is 5.83. The minimum atomic E-state index is -0.540. The van der Waals surface area contributed by atoms with Crippen LogP contribution in [0, 0.1) is 10.1 Å². The fraction of sp³-hybridized carbons (Fsp3) is 0.417. The van der Waals surface area contributed by atoms with Gasteiger partial charge in [0.15, 0.2) is 5.75 Å². The van der Waals surface area contributed by atoms with E-state index in [-0.39, 0.29) is 17.3 Å². The molecule has 1 amide bonds. The summed E-state index contributed by atoms with van der Waals surface area (Å²) in [5, 5.41) is 10.8. The fourth-order valence-electron chi connectivity index (χ4n) is 1.91. The Balaban J connectivity index is 2.24. The van der Waals surface area contributed by atoms with E-state index in [0.29, 0.717) is 31.9 Å². The summed E-state index contributed by atoms with van der Waals surface area (Å²) in [5.74, 6) is -0.0828. The van der Waals surface area contributed by atoms with Gasteiger partial charge in [0.2, 0.25) is 0 Å². The number of nitro benzene ring substituents is 1. The third kappa shape index (κ3) is 2.82. The van der Waals surface area contributed by atoms with Gasteiger partial charge in [0.25, 0.3) is 5.91 Å². The fourth-order valence-corrected chi connectivity index (χ4v) is 1.91. The highest BCUT2D eigenvalue weighted by molar-refractivity contribution is 5.95. The maximum absolute atomic E-state index is 12.2. The third-order valence-electron chi connectivity index (χ3n) is 2.92. The van der Waals surface area contributed by atoms with Gasteiger partial charge in [-0.3, -0.25) is 14.9 Å². The molecule has 1 aliphatic heterocycles. The van der Waals surface area contributed by atoms with Crippen LogP contribution in [0.15, 0.2) is 18.2 Å². The molecule has 0 aliphatic carbocycles. The molecule has 1 heterocycles. The normalized spacial score (nSPS) is 15.1. The molecule has 1 aromatic rings. The average Bonchev–Trinajstić information content (AvgIpc) is 2.46. The Morgan fingerprint density at radius 3 is 2.68 bits per heavy atom. The molecule has 7 nitrogen and oxygen atoms in total. The molecule has 19 heavy (non-hydrogen) atoms. The summed E-state index contributed by atoms with van der Waals surface area (Å²) < 4.78 is 10.1. The molecule has 102 valence electrons. The molecule has 7 heteroatoms. The summed E-state index contributed by atoms with van der Waals surface area (Å²) in [6.45, 7) is 2.07. The number of carbonyl (C=O) groups excluding carboxylic acids is 1. The summed E-state index contributed by atoms with van der Waals surface area (Å²) in [4.78, 5) is 24.1. The van der Waals surface area contributed by atoms with Crippen molar-refractivity contribution in [1.82, 2.24) is 4.90 Å². The second-order valence-electron chi connectivity index (χ2n) is 4.05. The van der Waals surface area contributed by atoms with E-state index >= 15 is 0 Å². The number of hydrogen-bond acceptors (Lipinski definition) is 5. The Hall–Kier alpha value is -2.15. The number of carbonyl (C=O) groups is 1. The van der Waals surface area contributed by atoms with Gasteiger partial charge in [0, 0.05) is 30.8 Å². The minimum absolute atomic E-state index is 0.0871. The van der Waals surface area contributed by atoms with Crippen LogP contribution in [0.25, 0.3) is 0 Å². The minimum Gasteiger partial charge on any atom is -0.490 e. The van der Waals surface area contributed by atoms with Crippen molar-refractivity contribution >= 4 is 11.6 Å². The lowest BCUT2D eigenvalue weighted by Gasteiger charge is -2.26. The lowest BCUT2D eigenvalue weighted by atomic mass is 10.1. The molecule has 0 radical (unpaired) electrons. The predicted octanol–water partition coefficient (Wildman–Crippen LogP) is 1.08. The van der Waals surface area contributed by atoms with E-state index in [1.165, 1.54) is 25.3 Å². The molecular weight excluding hydrogens is 252 g/mol. The lowest BCUT2D eigenvalue weighted by Crippen LogP contribution is -2.40. The average molecular weight is 266 g/mol. The molecule has 0 aromatic heterocycles. The Labute approximate surface area is 109 Å². The molecule has 0 atom stereocenters.